The molecule has 0 aromatic carbocycles. The summed E-state index contributed by atoms with van der Waals surface area (Å²) in [4.78, 5) is 0. The Morgan fingerprint density at radius 3 is 3.00 bits per heavy atom. The molecule has 0 aliphatic carbocycles. The van der Waals surface area contributed by atoms with E-state index in [9.17, 15) is 0 Å². The highest BCUT2D eigenvalue weighted by molar-refractivity contribution is 8.62. The molecule has 1 nitrogen and oxygen atoms in total. The van der Waals surface area contributed by atoms with Gasteiger partial charge in [-0.2, -0.15) is 0 Å². The van der Waals surface area contributed by atoms with Crippen molar-refractivity contribution in [3.63, 3.8) is 0 Å². The average Bonchev–Trinajstić information content (AvgIpc) is 1.85. The summed E-state index contributed by atoms with van der Waals surface area (Å²) in [5, 5.41) is 0. The van der Waals surface area contributed by atoms with Gasteiger partial charge >= 0.3 is 0 Å². The van der Waals surface area contributed by atoms with E-state index in [1.165, 1.54) is 0 Å². The summed E-state index contributed by atoms with van der Waals surface area (Å²) in [6.07, 6.45) is 3.97. The zero-order valence-corrected chi connectivity index (χ0v) is 7.85. The van der Waals surface area contributed by atoms with E-state index in [0.29, 0.717) is 12.4 Å². The lowest BCUT2D eigenvalue weighted by Gasteiger charge is -1.99. The van der Waals surface area contributed by atoms with E-state index in [4.69, 9.17) is 22.8 Å². The Labute approximate surface area is 65.8 Å². The topological polar surface area (TPSA) is 9.23 Å². The molecule has 1 atom stereocenters. The average molecular weight is 180 g/mol. The first-order chi connectivity index (χ1) is 4.31. The molecular weight excluding hydrogens is 171 g/mol. The predicted octanol–water partition coefficient (Wildman–Crippen LogP) is 1.90. The van der Waals surface area contributed by atoms with Crippen molar-refractivity contribution in [3.8, 4) is 12.3 Å². The van der Waals surface area contributed by atoms with Gasteiger partial charge in [-0.05, 0) is 6.92 Å². The van der Waals surface area contributed by atoms with Crippen molar-refractivity contribution in [1.82, 2.24) is 0 Å². The minimum Gasteiger partial charge on any atom is -0.344 e. The van der Waals surface area contributed by atoms with Crippen LogP contribution in [0.5, 0.6) is 0 Å². The molecule has 0 bridgehead atoms. The second-order valence-corrected chi connectivity index (χ2v) is 6.41. The van der Waals surface area contributed by atoms with Crippen molar-refractivity contribution in [3.05, 3.63) is 0 Å². The van der Waals surface area contributed by atoms with E-state index in [1.54, 1.807) is 11.4 Å². The summed E-state index contributed by atoms with van der Waals surface area (Å²) in [6, 6.07) is 0. The van der Waals surface area contributed by atoms with Crippen LogP contribution in [0.25, 0.3) is 0 Å². The van der Waals surface area contributed by atoms with E-state index in [-0.39, 0.29) is 0 Å². The summed E-state index contributed by atoms with van der Waals surface area (Å²) in [5.41, 5.74) is 0. The van der Waals surface area contributed by atoms with Crippen LogP contribution in [0.3, 0.4) is 0 Å². The van der Waals surface area contributed by atoms with Crippen LogP contribution in [-0.2, 0) is 16.3 Å². The van der Waals surface area contributed by atoms with E-state index < -0.39 is 6.13 Å². The number of hydrogen-bond donors (Lipinski definition) is 0. The number of terminal acetylenes is 1. The molecular formula is C5H9OPS2. The Hall–Kier alpha value is 0.520. The lowest BCUT2D eigenvalue weighted by atomic mass is 10.8. The van der Waals surface area contributed by atoms with Crippen LogP contribution >= 0.6 is 17.5 Å². The highest BCUT2D eigenvalue weighted by atomic mass is 32.9. The van der Waals surface area contributed by atoms with Crippen molar-refractivity contribution in [2.24, 2.45) is 0 Å². The van der Waals surface area contributed by atoms with E-state index >= 15 is 0 Å². The molecule has 0 aliphatic heterocycles. The summed E-state index contributed by atoms with van der Waals surface area (Å²) in [6.45, 7) is 2.64. The lowest BCUT2D eigenvalue weighted by molar-refractivity contribution is 0.396. The van der Waals surface area contributed by atoms with Gasteiger partial charge in [0.2, 0.25) is 0 Å². The van der Waals surface area contributed by atoms with Gasteiger partial charge in [0, 0.05) is 6.61 Å². The Kier molecular flexibility index (Phi) is 7.02. The molecule has 9 heavy (non-hydrogen) atoms. The maximum atomic E-state index is 5.13. The third kappa shape index (κ3) is 6.40. The second kappa shape index (κ2) is 6.64. The Morgan fingerprint density at radius 1 is 1.89 bits per heavy atom. The van der Waals surface area contributed by atoms with Crippen molar-refractivity contribution >= 4 is 29.3 Å². The summed E-state index contributed by atoms with van der Waals surface area (Å²) in [7, 11) is 0. The quantitative estimate of drug-likeness (QED) is 0.483. The van der Waals surface area contributed by atoms with Gasteiger partial charge in [-0.3, -0.25) is 0 Å². The smallest absolute Gasteiger partial charge is 0.108 e. The Balaban J connectivity index is 3.19. The number of hydrogen-bond acceptors (Lipinski definition) is 3. The van der Waals surface area contributed by atoms with Crippen LogP contribution in [0, 0.1) is 12.3 Å². The molecule has 1 unspecified atom stereocenters. The number of rotatable bonds is 4. The molecule has 0 fully saturated rings. The van der Waals surface area contributed by atoms with Crippen LogP contribution < -0.4 is 0 Å². The SMILES string of the molecule is C#CCS[PH](=S)OCC. The Bertz CT molecular complexity index is 129. The first-order valence-electron chi connectivity index (χ1n) is 2.54. The third-order valence-electron chi connectivity index (χ3n) is 0.536. The molecule has 52 valence electrons. The normalized spacial score (nSPS) is 12.4. The molecule has 0 amide bonds. The van der Waals surface area contributed by atoms with Crippen molar-refractivity contribution in [2.75, 3.05) is 12.4 Å². The fourth-order valence-corrected chi connectivity index (χ4v) is 2.87. The van der Waals surface area contributed by atoms with Crippen LogP contribution in [0.1, 0.15) is 6.92 Å². The molecule has 0 spiro atoms. The maximum Gasteiger partial charge on any atom is 0.108 e. The lowest BCUT2D eigenvalue weighted by Crippen LogP contribution is -1.73. The molecule has 0 aliphatic rings. The van der Waals surface area contributed by atoms with Gasteiger partial charge in [-0.15, -0.1) is 6.42 Å². The van der Waals surface area contributed by atoms with Gasteiger partial charge < -0.3 is 4.52 Å². The van der Waals surface area contributed by atoms with E-state index in [1.807, 2.05) is 6.92 Å². The minimum atomic E-state index is -1.05. The van der Waals surface area contributed by atoms with Gasteiger partial charge in [0.15, 0.2) is 0 Å². The fourth-order valence-electron chi connectivity index (χ4n) is 0.260. The van der Waals surface area contributed by atoms with Gasteiger partial charge in [0.25, 0.3) is 0 Å². The molecule has 0 saturated carbocycles. The monoisotopic (exact) mass is 180 g/mol. The minimum absolute atomic E-state index is 0.678. The molecule has 0 radical (unpaired) electrons. The molecule has 0 rings (SSSR count). The maximum absolute atomic E-state index is 5.13. The van der Waals surface area contributed by atoms with Gasteiger partial charge in [-0.1, -0.05) is 29.1 Å². The largest absolute Gasteiger partial charge is 0.344 e. The molecule has 0 heterocycles. The van der Waals surface area contributed by atoms with Crippen LogP contribution in [0.2, 0.25) is 0 Å². The molecule has 0 saturated heterocycles. The first-order valence-corrected chi connectivity index (χ1v) is 6.79. The summed E-state index contributed by atoms with van der Waals surface area (Å²) >= 11 is 6.51. The van der Waals surface area contributed by atoms with Crippen molar-refractivity contribution in [2.45, 2.75) is 6.92 Å². The summed E-state index contributed by atoms with van der Waals surface area (Å²) < 4.78 is 5.13. The van der Waals surface area contributed by atoms with Gasteiger partial charge in [0.05, 0.1) is 5.75 Å². The van der Waals surface area contributed by atoms with Crippen molar-refractivity contribution < 1.29 is 4.52 Å². The highest BCUT2D eigenvalue weighted by Gasteiger charge is 1.89. The Morgan fingerprint density at radius 2 is 2.56 bits per heavy atom. The second-order valence-electron chi connectivity index (χ2n) is 1.18. The van der Waals surface area contributed by atoms with E-state index in [0.717, 1.165) is 0 Å². The van der Waals surface area contributed by atoms with Gasteiger partial charge in [-0.25, -0.2) is 0 Å². The molecule has 0 aromatic heterocycles. The zero-order chi connectivity index (χ0) is 7.11. The molecule has 0 aromatic rings. The van der Waals surface area contributed by atoms with Crippen LogP contribution in [-0.4, -0.2) is 12.4 Å². The van der Waals surface area contributed by atoms with Crippen molar-refractivity contribution in [1.29, 1.82) is 0 Å². The van der Waals surface area contributed by atoms with Gasteiger partial charge in [0.1, 0.15) is 6.13 Å². The third-order valence-corrected chi connectivity index (χ3v) is 4.51. The first kappa shape index (κ1) is 9.52. The predicted molar refractivity (Wildman–Crippen MR) is 48.6 cm³/mol. The molecule has 0 N–H and O–H groups in total. The summed E-state index contributed by atoms with van der Waals surface area (Å²) in [5.74, 6) is 3.18. The molecule has 4 heteroatoms. The highest BCUT2D eigenvalue weighted by Crippen LogP contribution is 2.38. The zero-order valence-electron chi connectivity index (χ0n) is 5.22. The van der Waals surface area contributed by atoms with Crippen LogP contribution in [0.4, 0.5) is 0 Å². The van der Waals surface area contributed by atoms with E-state index in [2.05, 4.69) is 5.92 Å². The standard InChI is InChI=1S/C5H9OPS2/c1-3-5-9-7(8)6-4-2/h1,7H,4-5H2,2H3. The van der Waals surface area contributed by atoms with Crippen LogP contribution in [0.15, 0.2) is 0 Å². The fraction of sp³-hybridized carbons (Fsp3) is 0.600.